The summed E-state index contributed by atoms with van der Waals surface area (Å²) in [5.74, 6) is -0.400. The first-order chi connectivity index (χ1) is 13.9. The van der Waals surface area contributed by atoms with Crippen LogP contribution >= 0.6 is 11.9 Å². The molecule has 3 rings (SSSR count). The summed E-state index contributed by atoms with van der Waals surface area (Å²) in [6, 6.07) is 19.0. The molecule has 0 aromatic heterocycles. The molecule has 2 N–H and O–H groups in total. The van der Waals surface area contributed by atoms with Crippen molar-refractivity contribution < 1.29 is 9.90 Å². The van der Waals surface area contributed by atoms with Crippen LogP contribution in [0.2, 0.25) is 0 Å². The minimum absolute atomic E-state index is 0.146. The number of nitrogens with zero attached hydrogens (tertiary/aromatic N) is 1. The third kappa shape index (κ3) is 5.04. The smallest absolute Gasteiger partial charge is 0.303 e. The highest BCUT2D eigenvalue weighted by Crippen LogP contribution is 2.34. The molecule has 152 valence electrons. The van der Waals surface area contributed by atoms with Crippen molar-refractivity contribution in [2.45, 2.75) is 37.5 Å². The number of carboxylic acid groups (broad SMARTS) is 1. The number of benzene rings is 3. The summed E-state index contributed by atoms with van der Waals surface area (Å²) in [5, 5.41) is 11.5. The van der Waals surface area contributed by atoms with Gasteiger partial charge in [0.2, 0.25) is 0 Å². The molecule has 0 aliphatic rings. The zero-order chi connectivity index (χ0) is 21.0. The summed E-state index contributed by atoms with van der Waals surface area (Å²) < 4.78 is 3.45. The molecule has 3 aromatic carbocycles. The number of carbonyl (C=O) groups is 1. The molecule has 0 fully saturated rings. The first-order valence-electron chi connectivity index (χ1n) is 9.83. The fraction of sp³-hybridized carbons (Fsp3) is 0.292. The maximum Gasteiger partial charge on any atom is 0.303 e. The zero-order valence-corrected chi connectivity index (χ0v) is 18.2. The molecule has 0 unspecified atom stereocenters. The first-order valence-corrected chi connectivity index (χ1v) is 10.6. The summed E-state index contributed by atoms with van der Waals surface area (Å²) in [6.07, 6.45) is 0.691. The van der Waals surface area contributed by atoms with Gasteiger partial charge in [0, 0.05) is 42.2 Å². The van der Waals surface area contributed by atoms with E-state index < -0.39 is 5.97 Å². The number of rotatable bonds is 8. The third-order valence-corrected chi connectivity index (χ3v) is 5.91. The fourth-order valence-corrected chi connectivity index (χ4v) is 4.34. The van der Waals surface area contributed by atoms with E-state index in [9.17, 15) is 4.79 Å². The Labute approximate surface area is 177 Å². The number of carboxylic acids is 1. The Balaban J connectivity index is 1.85. The Hall–Kier alpha value is -2.66. The molecule has 4 nitrogen and oxygen atoms in total. The van der Waals surface area contributed by atoms with E-state index in [1.54, 1.807) is 11.9 Å². The summed E-state index contributed by atoms with van der Waals surface area (Å²) in [4.78, 5) is 14.3. The molecular formula is C24H28N2O2S. The highest BCUT2D eigenvalue weighted by atomic mass is 32.2. The van der Waals surface area contributed by atoms with Gasteiger partial charge in [0.05, 0.1) is 0 Å². The van der Waals surface area contributed by atoms with Crippen molar-refractivity contribution >= 4 is 40.1 Å². The number of aryl methyl sites for hydroxylation is 1. The topological polar surface area (TPSA) is 52.6 Å². The molecule has 3 aromatic rings. The molecule has 0 saturated heterocycles. The van der Waals surface area contributed by atoms with E-state index in [1.165, 1.54) is 22.0 Å². The number of anilines is 2. The lowest BCUT2D eigenvalue weighted by Gasteiger charge is -2.17. The second-order valence-electron chi connectivity index (χ2n) is 7.69. The Kier molecular flexibility index (Phi) is 6.70. The minimum atomic E-state index is -0.764. The van der Waals surface area contributed by atoms with Crippen molar-refractivity contribution in [3.05, 3.63) is 65.7 Å². The number of hydrogen-bond acceptors (Lipinski definition) is 4. The van der Waals surface area contributed by atoms with Gasteiger partial charge < -0.3 is 14.7 Å². The van der Waals surface area contributed by atoms with Crippen molar-refractivity contribution in [2.75, 3.05) is 23.7 Å². The average Bonchev–Trinajstić information content (AvgIpc) is 2.69. The maximum atomic E-state index is 11.0. The van der Waals surface area contributed by atoms with Crippen LogP contribution in [0.25, 0.3) is 10.8 Å². The van der Waals surface area contributed by atoms with Crippen LogP contribution < -0.4 is 9.62 Å². The monoisotopic (exact) mass is 408 g/mol. The van der Waals surface area contributed by atoms with Gasteiger partial charge in [0.1, 0.15) is 0 Å². The lowest BCUT2D eigenvalue weighted by atomic mass is 9.94. The van der Waals surface area contributed by atoms with E-state index in [0.717, 1.165) is 16.1 Å². The van der Waals surface area contributed by atoms with Crippen LogP contribution in [0.4, 0.5) is 11.4 Å². The van der Waals surface area contributed by atoms with E-state index in [4.69, 9.17) is 5.11 Å². The number of hydrogen-bond donors (Lipinski definition) is 2. The van der Waals surface area contributed by atoms with Gasteiger partial charge in [-0.05, 0) is 65.1 Å². The van der Waals surface area contributed by atoms with Gasteiger partial charge in [0.15, 0.2) is 0 Å². The van der Waals surface area contributed by atoms with Crippen LogP contribution in [0, 0.1) is 0 Å². The summed E-state index contributed by atoms with van der Waals surface area (Å²) in [6.45, 7) is 4.28. The van der Waals surface area contributed by atoms with E-state index in [2.05, 4.69) is 92.2 Å². The standard InChI is InChI=1S/C24H28N2O2S/c1-16(2)19-13-12-18(15-17(19)11-14-24(27)28)25-29-23-10-6-7-20-21(23)8-5-9-22(20)26(3)4/h5-10,12-13,15-16,25H,11,14H2,1-4H3,(H,27,28). The lowest BCUT2D eigenvalue weighted by molar-refractivity contribution is -0.136. The lowest BCUT2D eigenvalue weighted by Crippen LogP contribution is -2.08. The predicted molar refractivity (Wildman–Crippen MR) is 124 cm³/mol. The largest absolute Gasteiger partial charge is 0.481 e. The normalized spacial score (nSPS) is 11.1. The summed E-state index contributed by atoms with van der Waals surface area (Å²) in [5.41, 5.74) is 4.49. The molecule has 0 atom stereocenters. The SMILES string of the molecule is CC(C)c1ccc(NSc2cccc3c(N(C)C)cccc23)cc1CCC(=O)O. The zero-order valence-electron chi connectivity index (χ0n) is 17.4. The molecule has 0 radical (unpaired) electrons. The predicted octanol–water partition coefficient (Wildman–Crippen LogP) is 6.17. The van der Waals surface area contributed by atoms with Crippen LogP contribution in [0.5, 0.6) is 0 Å². The van der Waals surface area contributed by atoms with E-state index in [1.807, 2.05) is 0 Å². The van der Waals surface area contributed by atoms with Crippen LogP contribution in [0.1, 0.15) is 37.3 Å². The second-order valence-corrected chi connectivity index (χ2v) is 8.54. The Morgan fingerprint density at radius 1 is 1.07 bits per heavy atom. The highest BCUT2D eigenvalue weighted by Gasteiger charge is 2.11. The van der Waals surface area contributed by atoms with Crippen molar-refractivity contribution in [3.63, 3.8) is 0 Å². The van der Waals surface area contributed by atoms with Crippen LogP contribution in [0.3, 0.4) is 0 Å². The number of aliphatic carboxylic acids is 1. The van der Waals surface area contributed by atoms with Crippen LogP contribution in [-0.4, -0.2) is 25.2 Å². The molecule has 0 bridgehead atoms. The van der Waals surface area contributed by atoms with Gasteiger partial charge in [0.25, 0.3) is 0 Å². The van der Waals surface area contributed by atoms with Gasteiger partial charge >= 0.3 is 5.97 Å². The van der Waals surface area contributed by atoms with Gasteiger partial charge in [-0.1, -0.05) is 44.2 Å². The Morgan fingerprint density at radius 3 is 2.48 bits per heavy atom. The molecule has 0 spiro atoms. The third-order valence-electron chi connectivity index (χ3n) is 4.99. The van der Waals surface area contributed by atoms with Gasteiger partial charge in [-0.2, -0.15) is 0 Å². The fourth-order valence-electron chi connectivity index (χ4n) is 3.55. The summed E-state index contributed by atoms with van der Waals surface area (Å²) >= 11 is 1.59. The van der Waals surface area contributed by atoms with Crippen LogP contribution in [0.15, 0.2) is 59.5 Å². The van der Waals surface area contributed by atoms with Gasteiger partial charge in [-0.15, -0.1) is 0 Å². The first kappa shape index (κ1) is 21.1. The van der Waals surface area contributed by atoms with E-state index in [0.29, 0.717) is 12.3 Å². The maximum absolute atomic E-state index is 11.0. The van der Waals surface area contributed by atoms with Crippen molar-refractivity contribution in [3.8, 4) is 0 Å². The molecule has 5 heteroatoms. The highest BCUT2D eigenvalue weighted by molar-refractivity contribution is 8.00. The van der Waals surface area contributed by atoms with Crippen molar-refractivity contribution in [2.24, 2.45) is 0 Å². The molecule has 29 heavy (non-hydrogen) atoms. The molecule has 0 heterocycles. The molecule has 0 amide bonds. The number of nitrogens with one attached hydrogen (secondary N) is 1. The minimum Gasteiger partial charge on any atom is -0.481 e. The Bertz CT molecular complexity index is 1010. The number of fused-ring (bicyclic) bond motifs is 1. The molecule has 0 aliphatic heterocycles. The second kappa shape index (κ2) is 9.23. The molecule has 0 aliphatic carbocycles. The molecule has 0 saturated carbocycles. The molecular weight excluding hydrogens is 380 g/mol. The van der Waals surface area contributed by atoms with E-state index in [-0.39, 0.29) is 6.42 Å². The average molecular weight is 409 g/mol. The van der Waals surface area contributed by atoms with Crippen LogP contribution in [-0.2, 0) is 11.2 Å². The van der Waals surface area contributed by atoms with Crippen molar-refractivity contribution in [1.82, 2.24) is 0 Å². The van der Waals surface area contributed by atoms with Gasteiger partial charge in [-0.3, -0.25) is 4.79 Å². The van der Waals surface area contributed by atoms with Gasteiger partial charge in [-0.25, -0.2) is 0 Å². The Morgan fingerprint density at radius 2 is 1.79 bits per heavy atom. The summed E-state index contributed by atoms with van der Waals surface area (Å²) in [7, 11) is 4.11. The quantitative estimate of drug-likeness (QED) is 0.437. The van der Waals surface area contributed by atoms with E-state index >= 15 is 0 Å². The van der Waals surface area contributed by atoms with Crippen molar-refractivity contribution in [1.29, 1.82) is 0 Å².